The van der Waals surface area contributed by atoms with Gasteiger partial charge < -0.3 is 11.1 Å². The number of nitrogens with two attached hydrogens (primary N) is 1. The topological polar surface area (TPSA) is 55.1 Å². The Bertz CT molecular complexity index is 457. The molecule has 1 aromatic carbocycles. The van der Waals surface area contributed by atoms with Crippen molar-refractivity contribution in [3.63, 3.8) is 0 Å². The number of nitrogens with one attached hydrogen (secondary N) is 1. The van der Waals surface area contributed by atoms with Gasteiger partial charge in [-0.15, -0.1) is 12.4 Å². The number of hydrogen-bond acceptors (Lipinski definition) is 2. The van der Waals surface area contributed by atoms with Crippen molar-refractivity contribution in [2.75, 3.05) is 6.54 Å². The molecule has 0 aromatic heterocycles. The first kappa shape index (κ1) is 16.3. The first-order chi connectivity index (χ1) is 8.58. The lowest BCUT2D eigenvalue weighted by Crippen LogP contribution is -2.51. The summed E-state index contributed by atoms with van der Waals surface area (Å²) in [6, 6.07) is 5.39. The summed E-state index contributed by atoms with van der Waals surface area (Å²) in [5.74, 6) is -0.0673. The van der Waals surface area contributed by atoms with Crippen LogP contribution in [0.25, 0.3) is 0 Å². The molecular formula is C14H20Cl2N2O. The fraction of sp³-hybridized carbons (Fsp3) is 0.500. The summed E-state index contributed by atoms with van der Waals surface area (Å²) >= 11 is 6.04. The molecule has 5 heteroatoms. The summed E-state index contributed by atoms with van der Waals surface area (Å²) in [6.07, 6.45) is 4.20. The third-order valence-corrected chi connectivity index (χ3v) is 4.25. The van der Waals surface area contributed by atoms with Gasteiger partial charge in [0.2, 0.25) is 0 Å². The molecular weight excluding hydrogens is 283 g/mol. The molecule has 1 saturated carbocycles. The van der Waals surface area contributed by atoms with E-state index in [1.165, 1.54) is 0 Å². The fourth-order valence-electron chi connectivity index (χ4n) is 2.59. The zero-order valence-electron chi connectivity index (χ0n) is 11.0. The zero-order chi connectivity index (χ0) is 13.2. The van der Waals surface area contributed by atoms with Crippen LogP contribution in [0.15, 0.2) is 18.2 Å². The van der Waals surface area contributed by atoms with Crippen LogP contribution in [-0.4, -0.2) is 18.0 Å². The van der Waals surface area contributed by atoms with E-state index in [9.17, 15) is 4.79 Å². The summed E-state index contributed by atoms with van der Waals surface area (Å²) in [7, 11) is 0. The summed E-state index contributed by atoms with van der Waals surface area (Å²) in [5.41, 5.74) is 7.07. The monoisotopic (exact) mass is 302 g/mol. The van der Waals surface area contributed by atoms with Gasteiger partial charge in [-0.05, 0) is 37.5 Å². The van der Waals surface area contributed by atoms with Crippen LogP contribution in [0.4, 0.5) is 0 Å². The van der Waals surface area contributed by atoms with Crippen LogP contribution in [-0.2, 0) is 0 Å². The molecule has 3 nitrogen and oxygen atoms in total. The molecule has 1 aliphatic rings. The third-order valence-electron chi connectivity index (χ3n) is 3.84. The maximum Gasteiger partial charge on any atom is 0.252 e. The van der Waals surface area contributed by atoms with Crippen molar-refractivity contribution in [1.82, 2.24) is 5.32 Å². The van der Waals surface area contributed by atoms with Crippen LogP contribution < -0.4 is 11.1 Å². The molecule has 106 valence electrons. The minimum Gasteiger partial charge on any atom is -0.345 e. The largest absolute Gasteiger partial charge is 0.345 e. The molecule has 0 radical (unpaired) electrons. The predicted molar refractivity (Wildman–Crippen MR) is 81.2 cm³/mol. The zero-order valence-corrected chi connectivity index (χ0v) is 12.6. The van der Waals surface area contributed by atoms with E-state index in [2.05, 4.69) is 5.32 Å². The average molecular weight is 303 g/mol. The number of rotatable bonds is 3. The Morgan fingerprint density at radius 1 is 1.42 bits per heavy atom. The SMILES string of the molecule is Cc1c(Cl)cccc1C(=O)NC1(CN)CCCC1.Cl. The Labute approximate surface area is 125 Å². The molecule has 1 aromatic rings. The van der Waals surface area contributed by atoms with E-state index in [4.69, 9.17) is 17.3 Å². The van der Waals surface area contributed by atoms with Crippen molar-refractivity contribution in [3.8, 4) is 0 Å². The van der Waals surface area contributed by atoms with Crippen molar-refractivity contribution >= 4 is 29.9 Å². The Morgan fingerprint density at radius 3 is 2.63 bits per heavy atom. The molecule has 0 saturated heterocycles. The molecule has 0 aliphatic heterocycles. The highest BCUT2D eigenvalue weighted by Gasteiger charge is 2.34. The van der Waals surface area contributed by atoms with E-state index in [0.29, 0.717) is 17.1 Å². The van der Waals surface area contributed by atoms with Gasteiger partial charge in [0, 0.05) is 17.1 Å². The number of amides is 1. The van der Waals surface area contributed by atoms with Crippen LogP contribution in [0.2, 0.25) is 5.02 Å². The average Bonchev–Trinajstić information content (AvgIpc) is 2.81. The van der Waals surface area contributed by atoms with Crippen molar-refractivity contribution < 1.29 is 4.79 Å². The Balaban J connectivity index is 0.00000180. The van der Waals surface area contributed by atoms with Crippen molar-refractivity contribution in [1.29, 1.82) is 0 Å². The van der Waals surface area contributed by atoms with E-state index < -0.39 is 0 Å². The molecule has 0 bridgehead atoms. The molecule has 3 N–H and O–H groups in total. The second-order valence-corrected chi connectivity index (χ2v) is 5.47. The molecule has 0 unspecified atom stereocenters. The summed E-state index contributed by atoms with van der Waals surface area (Å²) in [6.45, 7) is 2.36. The van der Waals surface area contributed by atoms with Crippen LogP contribution in [0.1, 0.15) is 41.6 Å². The Morgan fingerprint density at radius 2 is 2.05 bits per heavy atom. The van der Waals surface area contributed by atoms with Gasteiger partial charge in [-0.1, -0.05) is 30.5 Å². The fourth-order valence-corrected chi connectivity index (χ4v) is 2.77. The predicted octanol–water partition coefficient (Wildman–Crippen LogP) is 3.07. The molecule has 0 spiro atoms. The lowest BCUT2D eigenvalue weighted by atomic mass is 9.96. The van der Waals surface area contributed by atoms with E-state index in [-0.39, 0.29) is 23.9 Å². The molecule has 0 heterocycles. The van der Waals surface area contributed by atoms with Gasteiger partial charge in [-0.2, -0.15) is 0 Å². The van der Waals surface area contributed by atoms with Crippen molar-refractivity contribution in [2.24, 2.45) is 5.73 Å². The highest BCUT2D eigenvalue weighted by Crippen LogP contribution is 2.29. The van der Waals surface area contributed by atoms with E-state index in [0.717, 1.165) is 31.2 Å². The summed E-state index contributed by atoms with van der Waals surface area (Å²) in [4.78, 5) is 12.3. The van der Waals surface area contributed by atoms with Gasteiger partial charge in [0.05, 0.1) is 5.54 Å². The van der Waals surface area contributed by atoms with Crippen LogP contribution >= 0.6 is 24.0 Å². The molecule has 19 heavy (non-hydrogen) atoms. The molecule has 0 atom stereocenters. The maximum absolute atomic E-state index is 12.3. The molecule has 2 rings (SSSR count). The molecule has 1 fully saturated rings. The second-order valence-electron chi connectivity index (χ2n) is 5.06. The van der Waals surface area contributed by atoms with Gasteiger partial charge in [-0.3, -0.25) is 4.79 Å². The van der Waals surface area contributed by atoms with Gasteiger partial charge in [0.25, 0.3) is 5.91 Å². The van der Waals surface area contributed by atoms with E-state index >= 15 is 0 Å². The maximum atomic E-state index is 12.3. The molecule has 1 amide bonds. The highest BCUT2D eigenvalue weighted by molar-refractivity contribution is 6.31. The summed E-state index contributed by atoms with van der Waals surface area (Å²) < 4.78 is 0. The first-order valence-electron chi connectivity index (χ1n) is 6.36. The minimum absolute atomic E-state index is 0. The summed E-state index contributed by atoms with van der Waals surface area (Å²) in [5, 5.41) is 3.72. The molecule has 1 aliphatic carbocycles. The van der Waals surface area contributed by atoms with Gasteiger partial charge in [0.1, 0.15) is 0 Å². The Hall–Kier alpha value is -0.770. The standard InChI is InChI=1S/C14H19ClN2O.ClH/c1-10-11(5-4-6-12(10)15)13(18)17-14(9-16)7-2-3-8-14;/h4-6H,2-3,7-9,16H2,1H3,(H,17,18);1H. The lowest BCUT2D eigenvalue weighted by molar-refractivity contribution is 0.0902. The lowest BCUT2D eigenvalue weighted by Gasteiger charge is -2.29. The highest BCUT2D eigenvalue weighted by atomic mass is 35.5. The Kier molecular flexibility index (Phi) is 5.65. The van der Waals surface area contributed by atoms with Crippen LogP contribution in [0, 0.1) is 6.92 Å². The second kappa shape index (κ2) is 6.60. The van der Waals surface area contributed by atoms with Gasteiger partial charge in [0.15, 0.2) is 0 Å². The minimum atomic E-state index is -0.216. The quantitative estimate of drug-likeness (QED) is 0.901. The number of carbonyl (C=O) groups is 1. The van der Waals surface area contributed by atoms with Crippen molar-refractivity contribution in [2.45, 2.75) is 38.1 Å². The third kappa shape index (κ3) is 3.41. The normalized spacial score (nSPS) is 16.8. The van der Waals surface area contributed by atoms with Crippen LogP contribution in [0.3, 0.4) is 0 Å². The first-order valence-corrected chi connectivity index (χ1v) is 6.73. The number of benzene rings is 1. The van der Waals surface area contributed by atoms with E-state index in [1.807, 2.05) is 6.92 Å². The van der Waals surface area contributed by atoms with Crippen molar-refractivity contribution in [3.05, 3.63) is 34.3 Å². The van der Waals surface area contributed by atoms with Crippen LogP contribution in [0.5, 0.6) is 0 Å². The van der Waals surface area contributed by atoms with Gasteiger partial charge in [-0.25, -0.2) is 0 Å². The number of hydrogen-bond donors (Lipinski definition) is 2. The number of halogens is 2. The smallest absolute Gasteiger partial charge is 0.252 e. The van der Waals surface area contributed by atoms with E-state index in [1.54, 1.807) is 18.2 Å². The number of carbonyl (C=O) groups excluding carboxylic acids is 1. The van der Waals surface area contributed by atoms with Gasteiger partial charge >= 0.3 is 0 Å².